The maximum absolute atomic E-state index is 13.5. The van der Waals surface area contributed by atoms with Crippen molar-refractivity contribution in [3.05, 3.63) is 65.7 Å². The quantitative estimate of drug-likeness (QED) is 0.590. The lowest BCUT2D eigenvalue weighted by molar-refractivity contribution is 0.286. The Bertz CT molecular complexity index is 1130. The van der Waals surface area contributed by atoms with Gasteiger partial charge in [-0.25, -0.2) is 8.42 Å². The van der Waals surface area contributed by atoms with Crippen molar-refractivity contribution in [3.63, 3.8) is 0 Å². The Morgan fingerprint density at radius 1 is 0.939 bits per heavy atom. The second-order valence-corrected chi connectivity index (χ2v) is 12.0. The van der Waals surface area contributed by atoms with Crippen molar-refractivity contribution in [2.75, 3.05) is 31.4 Å². The van der Waals surface area contributed by atoms with E-state index in [1.807, 2.05) is 12.1 Å². The lowest BCUT2D eigenvalue weighted by Crippen LogP contribution is -2.38. The highest BCUT2D eigenvalue weighted by atomic mass is 32.2. The van der Waals surface area contributed by atoms with Crippen molar-refractivity contribution in [3.8, 4) is 0 Å². The normalized spacial score (nSPS) is 24.9. The molecule has 6 heteroatoms. The minimum Gasteiger partial charge on any atom is -0.378 e. The maximum atomic E-state index is 13.5. The molecule has 176 valence electrons. The third kappa shape index (κ3) is 4.08. The number of anilines is 2. The Balaban J connectivity index is 1.45. The molecule has 0 aromatic heterocycles. The van der Waals surface area contributed by atoms with E-state index in [1.54, 1.807) is 17.4 Å². The van der Waals surface area contributed by atoms with Gasteiger partial charge in [0.25, 0.3) is 0 Å². The number of benzene rings is 2. The smallest absolute Gasteiger partial charge is 0.243 e. The van der Waals surface area contributed by atoms with Crippen LogP contribution in [0.3, 0.4) is 0 Å². The molecule has 3 aliphatic rings. The van der Waals surface area contributed by atoms with Gasteiger partial charge in [0, 0.05) is 44.5 Å². The van der Waals surface area contributed by atoms with E-state index in [9.17, 15) is 8.42 Å². The zero-order chi connectivity index (χ0) is 23.2. The first kappa shape index (κ1) is 22.5. The molecule has 1 N–H and O–H groups in total. The molecule has 2 aromatic carbocycles. The number of sulfonamides is 1. The van der Waals surface area contributed by atoms with E-state index in [2.05, 4.69) is 60.7 Å². The topological polar surface area (TPSA) is 52.7 Å². The summed E-state index contributed by atoms with van der Waals surface area (Å²) in [6.07, 6.45) is 10.9. The molecular formula is C27H35N3O2S. The summed E-state index contributed by atoms with van der Waals surface area (Å²) in [5.41, 5.74) is 4.61. The van der Waals surface area contributed by atoms with Crippen molar-refractivity contribution >= 4 is 21.4 Å². The number of rotatable bonds is 5. The molecule has 1 aliphatic heterocycles. The first-order valence-electron chi connectivity index (χ1n) is 12.2. The van der Waals surface area contributed by atoms with Gasteiger partial charge in [-0.1, -0.05) is 43.5 Å². The highest BCUT2D eigenvalue weighted by molar-refractivity contribution is 7.89. The molecule has 0 bridgehead atoms. The van der Waals surface area contributed by atoms with Crippen molar-refractivity contribution in [2.24, 2.45) is 5.92 Å². The molecule has 5 nitrogen and oxygen atoms in total. The van der Waals surface area contributed by atoms with Gasteiger partial charge in [-0.15, -0.1) is 0 Å². The Morgan fingerprint density at radius 3 is 2.36 bits per heavy atom. The van der Waals surface area contributed by atoms with Gasteiger partial charge >= 0.3 is 0 Å². The van der Waals surface area contributed by atoms with Crippen molar-refractivity contribution in [2.45, 2.75) is 61.4 Å². The highest BCUT2D eigenvalue weighted by Crippen LogP contribution is 2.50. The minimum atomic E-state index is -3.50. The van der Waals surface area contributed by atoms with Crippen LogP contribution in [0.15, 0.2) is 59.5 Å². The first-order chi connectivity index (χ1) is 15.9. The molecule has 2 aromatic rings. The number of fused-ring (bicyclic) bond motifs is 3. The third-order valence-electron chi connectivity index (χ3n) is 7.87. The second kappa shape index (κ2) is 8.80. The lowest BCUT2D eigenvalue weighted by atomic mass is 9.77. The molecule has 1 saturated carbocycles. The van der Waals surface area contributed by atoms with Crippen LogP contribution in [-0.4, -0.2) is 39.9 Å². The monoisotopic (exact) mass is 465 g/mol. The summed E-state index contributed by atoms with van der Waals surface area (Å²) in [4.78, 5) is 2.53. The fourth-order valence-corrected chi connectivity index (χ4v) is 7.30. The molecule has 0 saturated heterocycles. The molecule has 1 heterocycles. The van der Waals surface area contributed by atoms with Crippen LogP contribution in [0.2, 0.25) is 0 Å². The fraction of sp³-hybridized carbons (Fsp3) is 0.481. The molecule has 3 atom stereocenters. The van der Waals surface area contributed by atoms with E-state index in [1.165, 1.54) is 17.7 Å². The van der Waals surface area contributed by atoms with Gasteiger partial charge < -0.3 is 10.2 Å². The van der Waals surface area contributed by atoms with Crippen LogP contribution >= 0.6 is 0 Å². The summed E-state index contributed by atoms with van der Waals surface area (Å²) in [7, 11) is 2.36. The van der Waals surface area contributed by atoms with Crippen LogP contribution in [0, 0.1) is 5.92 Å². The van der Waals surface area contributed by atoms with E-state index in [0.29, 0.717) is 10.8 Å². The molecule has 0 radical (unpaired) electrons. The Morgan fingerprint density at radius 2 is 1.67 bits per heavy atom. The first-order valence-corrected chi connectivity index (χ1v) is 13.6. The van der Waals surface area contributed by atoms with Crippen molar-refractivity contribution in [1.82, 2.24) is 4.31 Å². The summed E-state index contributed by atoms with van der Waals surface area (Å²) < 4.78 is 28.6. The minimum absolute atomic E-state index is 0.117. The van der Waals surface area contributed by atoms with Crippen LogP contribution in [0.5, 0.6) is 0 Å². The average molecular weight is 466 g/mol. The van der Waals surface area contributed by atoms with Crippen LogP contribution < -0.4 is 10.2 Å². The number of nitrogens with zero attached hydrogens (tertiary/aromatic N) is 2. The van der Waals surface area contributed by atoms with Gasteiger partial charge in [-0.3, -0.25) is 0 Å². The van der Waals surface area contributed by atoms with Gasteiger partial charge in [0.1, 0.15) is 0 Å². The number of hydrogen-bond donors (Lipinski definition) is 1. The van der Waals surface area contributed by atoms with Gasteiger partial charge in [-0.05, 0) is 66.6 Å². The largest absolute Gasteiger partial charge is 0.378 e. The van der Waals surface area contributed by atoms with Gasteiger partial charge in [-0.2, -0.15) is 4.31 Å². The standard InChI is InChI=1S/C27H35N3O2S/c1-29(2)20-14-12-19(13-15-20)27-24-11-7-10-23(24)25-18-22(16-17-26(25)28-27)33(31,32)30(3)21-8-5-4-6-9-21/h7,10,12-18,21,23-24,27-28H,4-6,8-9,11H2,1-3H3. The van der Waals surface area contributed by atoms with Crippen LogP contribution in [0.4, 0.5) is 11.4 Å². The molecule has 0 amide bonds. The van der Waals surface area contributed by atoms with E-state index < -0.39 is 10.0 Å². The lowest BCUT2D eigenvalue weighted by Gasteiger charge is -2.38. The predicted molar refractivity (Wildman–Crippen MR) is 135 cm³/mol. The molecule has 2 aliphatic carbocycles. The average Bonchev–Trinajstić information content (AvgIpc) is 3.33. The zero-order valence-electron chi connectivity index (χ0n) is 19.9. The maximum Gasteiger partial charge on any atom is 0.243 e. The van der Waals surface area contributed by atoms with E-state index in [-0.39, 0.29) is 18.0 Å². The predicted octanol–water partition coefficient (Wildman–Crippen LogP) is 5.53. The molecule has 33 heavy (non-hydrogen) atoms. The third-order valence-corrected chi connectivity index (χ3v) is 9.77. The highest BCUT2D eigenvalue weighted by Gasteiger charge is 2.39. The summed E-state index contributed by atoms with van der Waals surface area (Å²) in [5, 5.41) is 3.74. The summed E-state index contributed by atoms with van der Waals surface area (Å²) in [6.45, 7) is 0. The SMILES string of the molecule is CN(C)c1ccc(C2Nc3ccc(S(=O)(=O)N(C)C4CCCCC4)cc3C3C=CCC32)cc1. The number of allylic oxidation sites excluding steroid dienone is 2. The molecule has 0 spiro atoms. The van der Waals surface area contributed by atoms with Gasteiger partial charge in [0.05, 0.1) is 10.9 Å². The van der Waals surface area contributed by atoms with Crippen LogP contribution in [-0.2, 0) is 10.0 Å². The van der Waals surface area contributed by atoms with Crippen molar-refractivity contribution in [1.29, 1.82) is 0 Å². The second-order valence-electron chi connectivity index (χ2n) is 10.0. The van der Waals surface area contributed by atoms with Crippen LogP contribution in [0.1, 0.15) is 61.6 Å². The fourth-order valence-electron chi connectivity index (χ4n) is 5.85. The Kier molecular flexibility index (Phi) is 6.00. The van der Waals surface area contributed by atoms with Gasteiger partial charge in [0.15, 0.2) is 0 Å². The summed E-state index contributed by atoms with van der Waals surface area (Å²) in [6, 6.07) is 14.8. The van der Waals surface area contributed by atoms with E-state index in [0.717, 1.165) is 43.4 Å². The Hall–Kier alpha value is -2.31. The van der Waals surface area contributed by atoms with E-state index >= 15 is 0 Å². The molecule has 1 fully saturated rings. The molecule has 5 rings (SSSR count). The van der Waals surface area contributed by atoms with Crippen molar-refractivity contribution < 1.29 is 8.42 Å². The summed E-state index contributed by atoms with van der Waals surface area (Å²) in [5.74, 6) is 0.617. The zero-order valence-corrected chi connectivity index (χ0v) is 20.7. The van der Waals surface area contributed by atoms with E-state index in [4.69, 9.17) is 0 Å². The van der Waals surface area contributed by atoms with Gasteiger partial charge in [0.2, 0.25) is 10.0 Å². The number of nitrogens with one attached hydrogen (secondary N) is 1. The Labute approximate surface area is 198 Å². The van der Waals surface area contributed by atoms with Crippen LogP contribution in [0.25, 0.3) is 0 Å². The number of hydrogen-bond acceptors (Lipinski definition) is 4. The summed E-state index contributed by atoms with van der Waals surface area (Å²) >= 11 is 0. The molecule has 3 unspecified atom stereocenters. The molecular weight excluding hydrogens is 430 g/mol.